The van der Waals surface area contributed by atoms with Crippen LogP contribution in [0.4, 0.5) is 0 Å². The van der Waals surface area contributed by atoms with E-state index in [9.17, 15) is 13.2 Å². The molecule has 0 saturated carbocycles. The minimum absolute atomic E-state index is 0.103. The second kappa shape index (κ2) is 9.46. The molecule has 1 unspecified atom stereocenters. The summed E-state index contributed by atoms with van der Waals surface area (Å²) in [7, 11) is -3.70. The summed E-state index contributed by atoms with van der Waals surface area (Å²) in [5, 5.41) is 0.275. The summed E-state index contributed by atoms with van der Waals surface area (Å²) in [4.78, 5) is 15.0. The van der Waals surface area contributed by atoms with Crippen LogP contribution in [0.3, 0.4) is 0 Å². The predicted octanol–water partition coefficient (Wildman–Crippen LogP) is 3.54. The van der Waals surface area contributed by atoms with Gasteiger partial charge in [0, 0.05) is 26.2 Å². The number of carbonyl (C=O) groups is 1. The van der Waals surface area contributed by atoms with Crippen LogP contribution in [-0.4, -0.2) is 56.3 Å². The van der Waals surface area contributed by atoms with Gasteiger partial charge in [-0.25, -0.2) is 8.42 Å². The highest BCUT2D eigenvalue weighted by Gasteiger charge is 2.35. The third-order valence-electron chi connectivity index (χ3n) is 5.49. The molecule has 2 fully saturated rings. The average molecular weight is 429 g/mol. The third-order valence-corrected chi connectivity index (χ3v) is 7.65. The Labute approximate surface area is 172 Å². The number of carbonyl (C=O) groups excluding carboxylic acids is 1. The van der Waals surface area contributed by atoms with Crippen molar-refractivity contribution in [3.8, 4) is 5.75 Å². The summed E-state index contributed by atoms with van der Waals surface area (Å²) in [5.74, 6) is 0.308. The number of sulfonamides is 1. The minimum Gasteiger partial charge on any atom is -0.492 e. The molecular weight excluding hydrogens is 400 g/mol. The van der Waals surface area contributed by atoms with Crippen molar-refractivity contribution in [3.63, 3.8) is 0 Å². The van der Waals surface area contributed by atoms with E-state index in [1.807, 2.05) is 11.8 Å². The monoisotopic (exact) mass is 428 g/mol. The third kappa shape index (κ3) is 4.81. The fraction of sp³-hybridized carbons (Fsp3) is 0.650. The summed E-state index contributed by atoms with van der Waals surface area (Å²) in [5.41, 5.74) is 0. The molecule has 0 spiro atoms. The highest BCUT2D eigenvalue weighted by atomic mass is 35.5. The topological polar surface area (TPSA) is 66.9 Å². The van der Waals surface area contributed by atoms with E-state index in [2.05, 4.69) is 0 Å². The number of nitrogens with zero attached hydrogens (tertiary/aromatic N) is 2. The molecule has 2 aliphatic rings. The summed E-state index contributed by atoms with van der Waals surface area (Å²) < 4.78 is 33.0. The van der Waals surface area contributed by atoms with Crippen molar-refractivity contribution in [2.75, 3.05) is 32.8 Å². The molecule has 1 atom stereocenters. The molecule has 2 saturated heterocycles. The predicted molar refractivity (Wildman–Crippen MR) is 109 cm³/mol. The zero-order valence-corrected chi connectivity index (χ0v) is 18.0. The zero-order chi connectivity index (χ0) is 20.1. The van der Waals surface area contributed by atoms with E-state index in [1.165, 1.54) is 16.4 Å². The second-order valence-electron chi connectivity index (χ2n) is 7.47. The van der Waals surface area contributed by atoms with Crippen molar-refractivity contribution in [2.45, 2.75) is 50.3 Å². The normalized spacial score (nSPS) is 21.9. The van der Waals surface area contributed by atoms with Gasteiger partial charge in [0.1, 0.15) is 5.75 Å². The zero-order valence-electron chi connectivity index (χ0n) is 16.4. The van der Waals surface area contributed by atoms with Crippen molar-refractivity contribution in [1.29, 1.82) is 0 Å². The van der Waals surface area contributed by atoms with Crippen LogP contribution in [-0.2, 0) is 14.8 Å². The summed E-state index contributed by atoms with van der Waals surface area (Å²) in [6.07, 6.45) is 5.82. The van der Waals surface area contributed by atoms with Gasteiger partial charge in [-0.2, -0.15) is 4.31 Å². The quantitative estimate of drug-likeness (QED) is 0.719. The molecule has 156 valence electrons. The van der Waals surface area contributed by atoms with Crippen LogP contribution >= 0.6 is 11.6 Å². The lowest BCUT2D eigenvalue weighted by molar-refractivity contribution is -0.136. The van der Waals surface area contributed by atoms with Gasteiger partial charge in [-0.15, -0.1) is 0 Å². The van der Waals surface area contributed by atoms with E-state index in [-0.39, 0.29) is 28.3 Å². The number of piperidine rings is 1. The number of benzene rings is 1. The molecule has 0 N–H and O–H groups in total. The van der Waals surface area contributed by atoms with Crippen LogP contribution < -0.4 is 4.74 Å². The Kier molecular flexibility index (Phi) is 7.23. The van der Waals surface area contributed by atoms with Gasteiger partial charge in [-0.05, 0) is 50.8 Å². The Morgan fingerprint density at radius 2 is 1.86 bits per heavy atom. The SMILES string of the molecule is CCOc1ccc(S(=O)(=O)N2CCCC(C(=O)N3CCCCCC3)C2)cc1Cl. The number of hydrogen-bond donors (Lipinski definition) is 0. The van der Waals surface area contributed by atoms with Gasteiger partial charge in [0.05, 0.1) is 22.4 Å². The number of hydrogen-bond acceptors (Lipinski definition) is 4. The van der Waals surface area contributed by atoms with Crippen LogP contribution in [0.2, 0.25) is 5.02 Å². The first-order valence-electron chi connectivity index (χ1n) is 10.1. The Morgan fingerprint density at radius 1 is 1.14 bits per heavy atom. The highest BCUT2D eigenvalue weighted by molar-refractivity contribution is 7.89. The molecule has 1 aromatic carbocycles. The maximum atomic E-state index is 13.1. The van der Waals surface area contributed by atoms with Crippen LogP contribution in [0.5, 0.6) is 5.75 Å². The number of rotatable bonds is 5. The number of amides is 1. The smallest absolute Gasteiger partial charge is 0.243 e. The fourth-order valence-corrected chi connectivity index (χ4v) is 5.83. The molecule has 3 rings (SSSR count). The number of likely N-dealkylation sites (tertiary alicyclic amines) is 1. The molecule has 8 heteroatoms. The second-order valence-corrected chi connectivity index (χ2v) is 9.81. The minimum atomic E-state index is -3.70. The first kappa shape index (κ1) is 21.4. The molecule has 0 bridgehead atoms. The Morgan fingerprint density at radius 3 is 2.50 bits per heavy atom. The van der Waals surface area contributed by atoms with Crippen molar-refractivity contribution >= 4 is 27.5 Å². The summed E-state index contributed by atoms with van der Waals surface area (Å²) >= 11 is 6.18. The lowest BCUT2D eigenvalue weighted by atomic mass is 9.98. The molecule has 28 heavy (non-hydrogen) atoms. The Hall–Kier alpha value is -1.31. The van der Waals surface area contributed by atoms with E-state index in [4.69, 9.17) is 16.3 Å². The van der Waals surface area contributed by atoms with Gasteiger partial charge in [-0.3, -0.25) is 4.79 Å². The first-order chi connectivity index (χ1) is 13.4. The molecule has 1 aromatic rings. The van der Waals surface area contributed by atoms with Gasteiger partial charge < -0.3 is 9.64 Å². The Balaban J connectivity index is 1.73. The van der Waals surface area contributed by atoms with E-state index >= 15 is 0 Å². The largest absolute Gasteiger partial charge is 0.492 e. The van der Waals surface area contributed by atoms with E-state index in [0.717, 1.165) is 45.2 Å². The molecule has 0 aliphatic carbocycles. The summed E-state index contributed by atoms with van der Waals surface area (Å²) in [6, 6.07) is 4.54. The van der Waals surface area contributed by atoms with Crippen molar-refractivity contribution in [2.24, 2.45) is 5.92 Å². The molecule has 6 nitrogen and oxygen atoms in total. The van der Waals surface area contributed by atoms with Gasteiger partial charge in [0.2, 0.25) is 15.9 Å². The fourth-order valence-electron chi connectivity index (χ4n) is 3.98. The maximum absolute atomic E-state index is 13.1. The molecule has 1 amide bonds. The standard InChI is InChI=1S/C20H29ClN2O4S/c1-2-27-19-10-9-17(14-18(19)21)28(25,26)23-13-7-8-16(15-23)20(24)22-11-5-3-4-6-12-22/h9-10,14,16H,2-8,11-13,15H2,1H3. The van der Waals surface area contributed by atoms with Crippen LogP contribution in [0.15, 0.2) is 23.1 Å². The molecule has 2 aliphatic heterocycles. The maximum Gasteiger partial charge on any atom is 0.243 e. The van der Waals surface area contributed by atoms with Gasteiger partial charge in [-0.1, -0.05) is 24.4 Å². The van der Waals surface area contributed by atoms with Crippen molar-refractivity contribution < 1.29 is 17.9 Å². The number of ether oxygens (including phenoxy) is 1. The van der Waals surface area contributed by atoms with E-state index < -0.39 is 10.0 Å². The van der Waals surface area contributed by atoms with Crippen LogP contribution in [0.1, 0.15) is 45.4 Å². The van der Waals surface area contributed by atoms with Crippen molar-refractivity contribution in [3.05, 3.63) is 23.2 Å². The number of halogens is 1. The molecular formula is C20H29ClN2O4S. The lowest BCUT2D eigenvalue weighted by Gasteiger charge is -2.34. The molecule has 2 heterocycles. The van der Waals surface area contributed by atoms with E-state index in [0.29, 0.717) is 25.3 Å². The molecule has 0 radical (unpaired) electrons. The van der Waals surface area contributed by atoms with Crippen LogP contribution in [0.25, 0.3) is 0 Å². The van der Waals surface area contributed by atoms with Crippen LogP contribution in [0, 0.1) is 5.92 Å². The van der Waals surface area contributed by atoms with Gasteiger partial charge in [0.15, 0.2) is 0 Å². The molecule has 0 aromatic heterocycles. The van der Waals surface area contributed by atoms with E-state index in [1.54, 1.807) is 6.07 Å². The van der Waals surface area contributed by atoms with Crippen molar-refractivity contribution in [1.82, 2.24) is 9.21 Å². The highest BCUT2D eigenvalue weighted by Crippen LogP contribution is 2.31. The lowest BCUT2D eigenvalue weighted by Crippen LogP contribution is -2.46. The summed E-state index contributed by atoms with van der Waals surface area (Å²) in [6.45, 7) is 4.54. The van der Waals surface area contributed by atoms with Gasteiger partial charge in [0.25, 0.3) is 0 Å². The Bertz CT molecular complexity index is 791. The first-order valence-corrected chi connectivity index (χ1v) is 12.0. The van der Waals surface area contributed by atoms with Gasteiger partial charge >= 0.3 is 0 Å². The average Bonchev–Trinajstić information content (AvgIpc) is 2.98.